The number of fused-ring (bicyclic) bond motifs is 1. The summed E-state index contributed by atoms with van der Waals surface area (Å²) in [5, 5.41) is 0.483. The highest BCUT2D eigenvalue weighted by molar-refractivity contribution is 9.10. The van der Waals surface area contributed by atoms with Crippen LogP contribution in [-0.4, -0.2) is 39.4 Å². The number of anilines is 1. The Morgan fingerprint density at radius 3 is 2.46 bits per heavy atom. The first kappa shape index (κ1) is 17.9. The fourth-order valence-electron chi connectivity index (χ4n) is 2.42. The molecule has 9 heteroatoms. The molecule has 0 saturated carbocycles. The average molecular weight is 396 g/mol. The summed E-state index contributed by atoms with van der Waals surface area (Å²) in [5.74, 6) is -0.940. The van der Waals surface area contributed by atoms with Crippen molar-refractivity contribution in [2.24, 2.45) is 5.73 Å². The Kier molecular flexibility index (Phi) is 5.23. The largest absolute Gasteiger partial charge is 0.383 e. The molecule has 2 heterocycles. The van der Waals surface area contributed by atoms with Crippen LogP contribution in [0.4, 0.5) is 5.82 Å². The molecule has 0 fully saturated rings. The first-order valence-electron chi connectivity index (χ1n) is 7.37. The summed E-state index contributed by atoms with van der Waals surface area (Å²) in [5.41, 5.74) is 10.4. The number of likely N-dealkylation sites (N-methyl/N-ethyl adjacent to an activating group) is 1. The number of amides is 2. The number of hydrogen-bond donors (Lipinski definition) is 2. The molecule has 8 nitrogen and oxygen atoms in total. The summed E-state index contributed by atoms with van der Waals surface area (Å²) in [6, 6.07) is 2.98. The van der Waals surface area contributed by atoms with Gasteiger partial charge in [0.2, 0.25) is 5.91 Å². The zero-order valence-corrected chi connectivity index (χ0v) is 15.0. The van der Waals surface area contributed by atoms with Crippen LogP contribution in [0.5, 0.6) is 0 Å². The van der Waals surface area contributed by atoms with Crippen LogP contribution in [0.3, 0.4) is 0 Å². The van der Waals surface area contributed by atoms with Crippen molar-refractivity contribution >= 4 is 44.6 Å². The number of carbonyl (C=O) groups is 2. The van der Waals surface area contributed by atoms with Crippen molar-refractivity contribution in [3.05, 3.63) is 32.5 Å². The van der Waals surface area contributed by atoms with E-state index in [1.54, 1.807) is 11.0 Å². The molecule has 0 radical (unpaired) electrons. The number of primary amides is 1. The molecule has 0 unspecified atom stereocenters. The van der Waals surface area contributed by atoms with Crippen molar-refractivity contribution in [1.29, 1.82) is 0 Å². The predicted octanol–water partition coefficient (Wildman–Crippen LogP) is 0.709. The van der Waals surface area contributed by atoms with Crippen LogP contribution < -0.4 is 17.0 Å². The summed E-state index contributed by atoms with van der Waals surface area (Å²) in [4.78, 5) is 42.3. The smallest absolute Gasteiger partial charge is 0.265 e. The highest BCUT2D eigenvalue weighted by atomic mass is 79.9. The van der Waals surface area contributed by atoms with Crippen LogP contribution >= 0.6 is 15.9 Å². The Bertz CT molecular complexity index is 874. The molecule has 0 aliphatic carbocycles. The van der Waals surface area contributed by atoms with E-state index in [9.17, 15) is 14.4 Å². The van der Waals surface area contributed by atoms with Gasteiger partial charge in [0.15, 0.2) is 0 Å². The van der Waals surface area contributed by atoms with E-state index in [0.29, 0.717) is 22.9 Å². The molecule has 0 bridgehead atoms. The van der Waals surface area contributed by atoms with E-state index in [2.05, 4.69) is 20.9 Å². The summed E-state index contributed by atoms with van der Waals surface area (Å²) in [6.07, 6.45) is 0. The average Bonchev–Trinajstić information content (AvgIpc) is 2.52. The highest BCUT2D eigenvalue weighted by Gasteiger charge is 2.19. The van der Waals surface area contributed by atoms with Crippen LogP contribution in [0.2, 0.25) is 0 Å². The number of nitrogens with two attached hydrogens (primary N) is 2. The minimum Gasteiger partial charge on any atom is -0.383 e. The number of carbonyl (C=O) groups excluding carboxylic acids is 2. The summed E-state index contributed by atoms with van der Waals surface area (Å²) < 4.78 is 1.66. The number of nitrogen functional groups attached to an aromatic ring is 1. The number of aromatic nitrogens is 2. The van der Waals surface area contributed by atoms with Crippen LogP contribution in [0, 0.1) is 0 Å². The maximum atomic E-state index is 12.6. The topological polar surface area (TPSA) is 124 Å². The lowest BCUT2D eigenvalue weighted by Gasteiger charge is -2.20. The van der Waals surface area contributed by atoms with Crippen molar-refractivity contribution in [2.75, 3.05) is 18.8 Å². The first-order valence-corrected chi connectivity index (χ1v) is 8.16. The third-order valence-corrected chi connectivity index (χ3v) is 4.35. The van der Waals surface area contributed by atoms with Gasteiger partial charge in [-0.25, -0.2) is 4.98 Å². The Balaban J connectivity index is 2.71. The maximum absolute atomic E-state index is 12.6. The van der Waals surface area contributed by atoms with Gasteiger partial charge >= 0.3 is 0 Å². The van der Waals surface area contributed by atoms with Gasteiger partial charge in [-0.2, -0.15) is 0 Å². The molecule has 0 spiro atoms. The van der Waals surface area contributed by atoms with Crippen molar-refractivity contribution in [1.82, 2.24) is 14.5 Å². The summed E-state index contributed by atoms with van der Waals surface area (Å²) in [6.45, 7) is 4.47. The molecule has 2 aromatic heterocycles. The van der Waals surface area contributed by atoms with Crippen LogP contribution in [0.25, 0.3) is 11.0 Å². The monoisotopic (exact) mass is 395 g/mol. The van der Waals surface area contributed by atoms with E-state index in [0.717, 1.165) is 4.57 Å². The van der Waals surface area contributed by atoms with Gasteiger partial charge in [-0.05, 0) is 41.9 Å². The van der Waals surface area contributed by atoms with Crippen LogP contribution in [0.1, 0.15) is 24.2 Å². The number of rotatable bonds is 5. The lowest BCUT2D eigenvalue weighted by Crippen LogP contribution is -2.38. The zero-order chi connectivity index (χ0) is 18.0. The molecule has 2 amide bonds. The van der Waals surface area contributed by atoms with Crippen molar-refractivity contribution in [2.45, 2.75) is 20.4 Å². The predicted molar refractivity (Wildman–Crippen MR) is 94.6 cm³/mol. The third kappa shape index (κ3) is 3.25. The molecule has 128 valence electrons. The van der Waals surface area contributed by atoms with Gasteiger partial charge in [0.25, 0.3) is 11.5 Å². The van der Waals surface area contributed by atoms with Gasteiger partial charge in [-0.15, -0.1) is 0 Å². The Morgan fingerprint density at radius 1 is 1.29 bits per heavy atom. The number of halogens is 1. The second kappa shape index (κ2) is 7.00. The van der Waals surface area contributed by atoms with Gasteiger partial charge < -0.3 is 16.4 Å². The Hall–Kier alpha value is -2.42. The quantitative estimate of drug-likeness (QED) is 0.770. The summed E-state index contributed by atoms with van der Waals surface area (Å²) >= 11 is 3.25. The molecule has 0 atom stereocenters. The maximum Gasteiger partial charge on any atom is 0.265 e. The van der Waals surface area contributed by atoms with E-state index < -0.39 is 11.5 Å². The molecule has 2 rings (SSSR count). The molecule has 0 aromatic carbocycles. The van der Waals surface area contributed by atoms with E-state index >= 15 is 0 Å². The molecule has 4 N–H and O–H groups in total. The normalized spacial score (nSPS) is 10.8. The van der Waals surface area contributed by atoms with Gasteiger partial charge in [0, 0.05) is 18.5 Å². The Labute approximate surface area is 146 Å². The van der Waals surface area contributed by atoms with Crippen molar-refractivity contribution in [3.8, 4) is 0 Å². The lowest BCUT2D eigenvalue weighted by atomic mass is 10.2. The van der Waals surface area contributed by atoms with Crippen molar-refractivity contribution < 1.29 is 9.59 Å². The number of pyridine rings is 2. The Morgan fingerprint density at radius 2 is 1.92 bits per heavy atom. The lowest BCUT2D eigenvalue weighted by molar-refractivity contribution is -0.131. The van der Waals surface area contributed by atoms with E-state index in [1.165, 1.54) is 6.07 Å². The number of hydrogen-bond acceptors (Lipinski definition) is 5. The van der Waals surface area contributed by atoms with E-state index in [-0.39, 0.29) is 29.5 Å². The fraction of sp³-hybridized carbons (Fsp3) is 0.333. The van der Waals surface area contributed by atoms with Crippen molar-refractivity contribution in [3.63, 3.8) is 0 Å². The minimum absolute atomic E-state index is 0.178. The standard InChI is InChI=1S/C15H18BrN5O3/c1-3-20(4-2)11(22)7-21-14-8(6-10(16)12(17)19-14)5-9(13(18)23)15(21)24/h5-6H,3-4,7H2,1-2H3,(H2,17,19)(H2,18,23). The van der Waals surface area contributed by atoms with E-state index in [1.807, 2.05) is 13.8 Å². The number of nitrogens with zero attached hydrogens (tertiary/aromatic N) is 3. The molecule has 0 saturated heterocycles. The molecule has 0 aliphatic heterocycles. The van der Waals surface area contributed by atoms with Gasteiger partial charge in [0.1, 0.15) is 23.6 Å². The van der Waals surface area contributed by atoms with Gasteiger partial charge in [0.05, 0.1) is 4.47 Å². The SMILES string of the molecule is CCN(CC)C(=O)Cn1c(=O)c(C(N)=O)cc2cc(Br)c(N)nc21. The van der Waals surface area contributed by atoms with Crippen LogP contribution in [-0.2, 0) is 11.3 Å². The first-order chi connectivity index (χ1) is 11.3. The molecule has 24 heavy (non-hydrogen) atoms. The highest BCUT2D eigenvalue weighted by Crippen LogP contribution is 2.23. The molecular weight excluding hydrogens is 378 g/mol. The summed E-state index contributed by atoms with van der Waals surface area (Å²) in [7, 11) is 0. The van der Waals surface area contributed by atoms with Gasteiger partial charge in [-0.3, -0.25) is 19.0 Å². The van der Waals surface area contributed by atoms with E-state index in [4.69, 9.17) is 11.5 Å². The van der Waals surface area contributed by atoms with Crippen LogP contribution in [0.15, 0.2) is 21.4 Å². The van der Waals surface area contributed by atoms with Gasteiger partial charge in [-0.1, -0.05) is 0 Å². The zero-order valence-electron chi connectivity index (χ0n) is 13.4. The molecular formula is C15H18BrN5O3. The second-order valence-electron chi connectivity index (χ2n) is 5.15. The molecule has 2 aromatic rings. The minimum atomic E-state index is -0.862. The molecule has 0 aliphatic rings. The third-order valence-electron chi connectivity index (χ3n) is 3.72. The second-order valence-corrected chi connectivity index (χ2v) is 6.00. The fourth-order valence-corrected chi connectivity index (χ4v) is 2.76.